The summed E-state index contributed by atoms with van der Waals surface area (Å²) >= 11 is 0. The summed E-state index contributed by atoms with van der Waals surface area (Å²) in [6.45, 7) is 1.84. The number of halogens is 1. The first-order chi connectivity index (χ1) is 12.0. The van der Waals surface area contributed by atoms with Crippen LogP contribution >= 0.6 is 0 Å². The number of benzene rings is 2. The smallest absolute Gasteiger partial charge is 0.341 e. The van der Waals surface area contributed by atoms with Crippen LogP contribution in [0.25, 0.3) is 0 Å². The van der Waals surface area contributed by atoms with Gasteiger partial charge < -0.3 is 14.8 Å². The number of carbonyl (C=O) groups excluding carboxylic acids is 2. The normalized spacial score (nSPS) is 11.5. The molecule has 1 amide bonds. The second-order valence-electron chi connectivity index (χ2n) is 5.42. The molecule has 2 rings (SSSR count). The third-order valence-corrected chi connectivity index (χ3v) is 3.62. The largest absolute Gasteiger partial charge is 0.497 e. The van der Waals surface area contributed by atoms with E-state index < -0.39 is 23.8 Å². The van der Waals surface area contributed by atoms with E-state index in [0.29, 0.717) is 13.0 Å². The minimum absolute atomic E-state index is 0.194. The summed E-state index contributed by atoms with van der Waals surface area (Å²) in [4.78, 5) is 23.9. The molecule has 0 aromatic heterocycles. The number of rotatable bonds is 7. The van der Waals surface area contributed by atoms with E-state index in [1.165, 1.54) is 25.1 Å². The summed E-state index contributed by atoms with van der Waals surface area (Å²) in [5.41, 5.74) is 0.845. The lowest BCUT2D eigenvalue weighted by Crippen LogP contribution is -2.37. The lowest BCUT2D eigenvalue weighted by Gasteiger charge is -2.14. The molecule has 2 aromatic rings. The summed E-state index contributed by atoms with van der Waals surface area (Å²) in [7, 11) is 1.60. The van der Waals surface area contributed by atoms with Crippen LogP contribution in [0.5, 0.6) is 5.75 Å². The molecular formula is C19H20FNO4. The average molecular weight is 345 g/mol. The maximum absolute atomic E-state index is 13.5. The van der Waals surface area contributed by atoms with Gasteiger partial charge in [-0.2, -0.15) is 0 Å². The molecule has 2 aromatic carbocycles. The van der Waals surface area contributed by atoms with Crippen molar-refractivity contribution in [2.75, 3.05) is 13.7 Å². The molecule has 25 heavy (non-hydrogen) atoms. The fraction of sp³-hybridized carbons (Fsp3) is 0.263. The maximum Gasteiger partial charge on any atom is 0.341 e. The Balaban J connectivity index is 1.79. The van der Waals surface area contributed by atoms with E-state index in [4.69, 9.17) is 9.47 Å². The van der Waals surface area contributed by atoms with Gasteiger partial charge in [0.2, 0.25) is 0 Å². The second-order valence-corrected chi connectivity index (χ2v) is 5.42. The highest BCUT2D eigenvalue weighted by Gasteiger charge is 2.20. The molecule has 0 saturated heterocycles. The van der Waals surface area contributed by atoms with Gasteiger partial charge in [0.15, 0.2) is 6.10 Å². The van der Waals surface area contributed by atoms with Gasteiger partial charge in [0.1, 0.15) is 11.6 Å². The van der Waals surface area contributed by atoms with Crippen LogP contribution in [0.3, 0.4) is 0 Å². The van der Waals surface area contributed by atoms with Crippen LogP contribution in [0.1, 0.15) is 22.8 Å². The standard InChI is InChI=1S/C19H20FNO4/c1-13(25-19(23)16-5-3-4-6-17(16)20)18(22)21-12-11-14-7-9-15(24-2)10-8-14/h3-10,13H,11-12H2,1-2H3,(H,21,22)/t13-/m0/s1. The number of esters is 1. The minimum Gasteiger partial charge on any atom is -0.497 e. The summed E-state index contributed by atoms with van der Waals surface area (Å²) in [6.07, 6.45) is -0.382. The van der Waals surface area contributed by atoms with Crippen molar-refractivity contribution in [3.63, 3.8) is 0 Å². The van der Waals surface area contributed by atoms with Crippen LogP contribution in [-0.4, -0.2) is 31.6 Å². The molecule has 0 saturated carbocycles. The number of ether oxygens (including phenoxy) is 2. The fourth-order valence-electron chi connectivity index (χ4n) is 2.17. The van der Waals surface area contributed by atoms with Gasteiger partial charge in [-0.05, 0) is 43.2 Å². The molecule has 1 atom stereocenters. The Morgan fingerprint density at radius 3 is 2.44 bits per heavy atom. The lowest BCUT2D eigenvalue weighted by molar-refractivity contribution is -0.129. The van der Waals surface area contributed by atoms with E-state index in [1.54, 1.807) is 7.11 Å². The van der Waals surface area contributed by atoms with Crippen LogP contribution in [-0.2, 0) is 16.0 Å². The Morgan fingerprint density at radius 1 is 1.12 bits per heavy atom. The molecule has 6 heteroatoms. The van der Waals surface area contributed by atoms with Crippen LogP contribution < -0.4 is 10.1 Å². The van der Waals surface area contributed by atoms with Gasteiger partial charge in [0.25, 0.3) is 5.91 Å². The lowest BCUT2D eigenvalue weighted by atomic mass is 10.1. The van der Waals surface area contributed by atoms with Crippen molar-refractivity contribution in [3.05, 3.63) is 65.5 Å². The van der Waals surface area contributed by atoms with Gasteiger partial charge >= 0.3 is 5.97 Å². The molecule has 0 unspecified atom stereocenters. The SMILES string of the molecule is COc1ccc(CCNC(=O)[C@H](C)OC(=O)c2ccccc2F)cc1. The molecular weight excluding hydrogens is 325 g/mol. The molecule has 0 bridgehead atoms. The zero-order chi connectivity index (χ0) is 18.2. The second kappa shape index (κ2) is 8.82. The summed E-state index contributed by atoms with van der Waals surface area (Å²) in [6, 6.07) is 13.0. The van der Waals surface area contributed by atoms with Crippen molar-refractivity contribution in [3.8, 4) is 5.75 Å². The van der Waals surface area contributed by atoms with Crippen molar-refractivity contribution >= 4 is 11.9 Å². The Kier molecular flexibility index (Phi) is 6.51. The van der Waals surface area contributed by atoms with Crippen molar-refractivity contribution in [1.29, 1.82) is 0 Å². The molecule has 5 nitrogen and oxygen atoms in total. The Labute approximate surface area is 145 Å². The number of hydrogen-bond acceptors (Lipinski definition) is 4. The van der Waals surface area contributed by atoms with Gasteiger partial charge in [-0.25, -0.2) is 9.18 Å². The van der Waals surface area contributed by atoms with E-state index >= 15 is 0 Å². The van der Waals surface area contributed by atoms with E-state index in [0.717, 1.165) is 17.4 Å². The Hall–Kier alpha value is -2.89. The molecule has 0 heterocycles. The Morgan fingerprint density at radius 2 is 1.80 bits per heavy atom. The number of amides is 1. The predicted molar refractivity (Wildman–Crippen MR) is 91.0 cm³/mol. The third-order valence-electron chi connectivity index (χ3n) is 3.62. The monoisotopic (exact) mass is 345 g/mol. The number of nitrogens with one attached hydrogen (secondary N) is 1. The molecule has 0 radical (unpaired) electrons. The molecule has 1 N–H and O–H groups in total. The number of methoxy groups -OCH3 is 1. The van der Waals surface area contributed by atoms with Crippen LogP contribution in [0, 0.1) is 5.82 Å². The van der Waals surface area contributed by atoms with Crippen molar-refractivity contribution in [2.45, 2.75) is 19.4 Å². The maximum atomic E-state index is 13.5. The zero-order valence-corrected chi connectivity index (χ0v) is 14.1. The highest BCUT2D eigenvalue weighted by Crippen LogP contribution is 2.12. The first-order valence-electron chi connectivity index (χ1n) is 7.87. The molecule has 0 aliphatic rings. The average Bonchev–Trinajstić information content (AvgIpc) is 2.62. The molecule has 0 spiro atoms. The number of carbonyl (C=O) groups is 2. The number of hydrogen-bond donors (Lipinski definition) is 1. The van der Waals surface area contributed by atoms with Crippen LogP contribution in [0.15, 0.2) is 48.5 Å². The highest BCUT2D eigenvalue weighted by atomic mass is 19.1. The van der Waals surface area contributed by atoms with Crippen molar-refractivity contribution in [2.24, 2.45) is 0 Å². The van der Waals surface area contributed by atoms with E-state index in [-0.39, 0.29) is 5.56 Å². The van der Waals surface area contributed by atoms with Crippen LogP contribution in [0.4, 0.5) is 4.39 Å². The molecule has 132 valence electrons. The summed E-state index contributed by atoms with van der Waals surface area (Å²) < 4.78 is 23.6. The zero-order valence-electron chi connectivity index (χ0n) is 14.1. The first kappa shape index (κ1) is 18.4. The third kappa shape index (κ3) is 5.31. The molecule has 0 aliphatic heterocycles. The topological polar surface area (TPSA) is 64.6 Å². The van der Waals surface area contributed by atoms with E-state index in [9.17, 15) is 14.0 Å². The van der Waals surface area contributed by atoms with Crippen molar-refractivity contribution < 1.29 is 23.5 Å². The summed E-state index contributed by atoms with van der Waals surface area (Å²) in [5, 5.41) is 2.69. The van der Waals surface area contributed by atoms with Gasteiger partial charge in [-0.3, -0.25) is 4.79 Å². The van der Waals surface area contributed by atoms with Gasteiger partial charge in [0, 0.05) is 6.54 Å². The minimum atomic E-state index is -1.01. The van der Waals surface area contributed by atoms with Gasteiger partial charge in [-0.1, -0.05) is 24.3 Å². The molecule has 0 fully saturated rings. The van der Waals surface area contributed by atoms with Crippen LogP contribution in [0.2, 0.25) is 0 Å². The molecule has 0 aliphatic carbocycles. The van der Waals surface area contributed by atoms with Crippen molar-refractivity contribution in [1.82, 2.24) is 5.32 Å². The fourth-order valence-corrected chi connectivity index (χ4v) is 2.17. The summed E-state index contributed by atoms with van der Waals surface area (Å²) in [5.74, 6) is -1.21. The predicted octanol–water partition coefficient (Wildman–Crippen LogP) is 2.74. The van der Waals surface area contributed by atoms with E-state index in [1.807, 2.05) is 24.3 Å². The quantitative estimate of drug-likeness (QED) is 0.784. The van der Waals surface area contributed by atoms with Gasteiger partial charge in [-0.15, -0.1) is 0 Å². The van der Waals surface area contributed by atoms with Gasteiger partial charge in [0.05, 0.1) is 12.7 Å². The Bertz CT molecular complexity index is 730. The highest BCUT2D eigenvalue weighted by molar-refractivity contribution is 5.92. The van der Waals surface area contributed by atoms with E-state index in [2.05, 4.69) is 5.32 Å². The first-order valence-corrected chi connectivity index (χ1v) is 7.87.